The van der Waals surface area contributed by atoms with Gasteiger partial charge in [0.2, 0.25) is 5.91 Å². The fourth-order valence-corrected chi connectivity index (χ4v) is 4.17. The molecule has 2 N–H and O–H groups in total. The summed E-state index contributed by atoms with van der Waals surface area (Å²) in [4.78, 5) is 26.8. The Morgan fingerprint density at radius 1 is 0.967 bits per heavy atom. The number of hydrogen-bond acceptors (Lipinski definition) is 3. The van der Waals surface area contributed by atoms with Crippen molar-refractivity contribution >= 4 is 23.2 Å². The summed E-state index contributed by atoms with van der Waals surface area (Å²) < 4.78 is 0. The van der Waals surface area contributed by atoms with Gasteiger partial charge in [0.05, 0.1) is 6.54 Å². The molecule has 156 valence electrons. The van der Waals surface area contributed by atoms with Gasteiger partial charge in [0.25, 0.3) is 5.91 Å². The van der Waals surface area contributed by atoms with Crippen LogP contribution in [-0.2, 0) is 11.2 Å². The summed E-state index contributed by atoms with van der Waals surface area (Å²) in [6.07, 6.45) is 9.06. The first-order chi connectivity index (χ1) is 14.7. The van der Waals surface area contributed by atoms with Crippen LogP contribution in [0.4, 0.5) is 11.4 Å². The summed E-state index contributed by atoms with van der Waals surface area (Å²) in [5.41, 5.74) is 5.18. The minimum Gasteiger partial charge on any atom is -0.376 e. The molecule has 0 spiro atoms. The van der Waals surface area contributed by atoms with Gasteiger partial charge in [0.15, 0.2) is 0 Å². The summed E-state index contributed by atoms with van der Waals surface area (Å²) in [5, 5.41) is 6.11. The highest BCUT2D eigenvalue weighted by Gasteiger charge is 2.24. The number of carbonyl (C=O) groups excluding carboxylic acids is 2. The van der Waals surface area contributed by atoms with Crippen molar-refractivity contribution in [3.8, 4) is 0 Å². The SMILES string of the molecule is O=C(CNc1ccc(C(=O)N2CCc3ccccc32)cc1)NCCC1=CCCCC1. The third-order valence-electron chi connectivity index (χ3n) is 5.87. The van der Waals surface area contributed by atoms with Crippen molar-refractivity contribution < 1.29 is 9.59 Å². The van der Waals surface area contributed by atoms with Gasteiger partial charge in [-0.1, -0.05) is 29.8 Å². The number of carbonyl (C=O) groups is 2. The van der Waals surface area contributed by atoms with Crippen LogP contribution in [0.1, 0.15) is 48.0 Å². The Morgan fingerprint density at radius 3 is 2.60 bits per heavy atom. The molecule has 2 aromatic carbocycles. The average molecular weight is 404 g/mol. The van der Waals surface area contributed by atoms with E-state index in [1.54, 1.807) is 0 Å². The lowest BCUT2D eigenvalue weighted by atomic mass is 9.97. The van der Waals surface area contributed by atoms with Crippen molar-refractivity contribution in [2.75, 3.05) is 29.9 Å². The maximum absolute atomic E-state index is 12.9. The molecule has 2 amide bonds. The van der Waals surface area contributed by atoms with E-state index in [1.165, 1.54) is 36.8 Å². The van der Waals surface area contributed by atoms with E-state index in [0.29, 0.717) is 12.1 Å². The van der Waals surface area contributed by atoms with Gasteiger partial charge in [-0.15, -0.1) is 0 Å². The molecule has 2 aromatic rings. The molecule has 2 aliphatic rings. The maximum atomic E-state index is 12.9. The zero-order chi connectivity index (χ0) is 20.8. The van der Waals surface area contributed by atoms with E-state index < -0.39 is 0 Å². The van der Waals surface area contributed by atoms with Gasteiger partial charge < -0.3 is 15.5 Å². The number of nitrogens with zero attached hydrogens (tertiary/aromatic N) is 1. The molecule has 0 saturated heterocycles. The van der Waals surface area contributed by atoms with Crippen LogP contribution in [0.15, 0.2) is 60.2 Å². The summed E-state index contributed by atoms with van der Waals surface area (Å²) in [5.74, 6) is 0.00139. The van der Waals surface area contributed by atoms with E-state index in [9.17, 15) is 9.59 Å². The highest BCUT2D eigenvalue weighted by molar-refractivity contribution is 6.07. The number of anilines is 2. The molecule has 1 aliphatic carbocycles. The van der Waals surface area contributed by atoms with Gasteiger partial charge in [-0.05, 0) is 74.4 Å². The van der Waals surface area contributed by atoms with Gasteiger partial charge in [-0.2, -0.15) is 0 Å². The first-order valence-corrected chi connectivity index (χ1v) is 10.9. The number of amides is 2. The number of para-hydroxylation sites is 1. The molecule has 0 radical (unpaired) electrons. The molecule has 0 bridgehead atoms. The van der Waals surface area contributed by atoms with Crippen molar-refractivity contribution in [1.29, 1.82) is 0 Å². The zero-order valence-electron chi connectivity index (χ0n) is 17.3. The third kappa shape index (κ3) is 4.90. The molecule has 0 saturated carbocycles. The van der Waals surface area contributed by atoms with E-state index in [0.717, 1.165) is 30.8 Å². The van der Waals surface area contributed by atoms with Crippen LogP contribution in [0.2, 0.25) is 0 Å². The van der Waals surface area contributed by atoms with Crippen molar-refractivity contribution in [2.45, 2.75) is 38.5 Å². The van der Waals surface area contributed by atoms with E-state index in [-0.39, 0.29) is 18.4 Å². The standard InChI is InChI=1S/C25H29N3O2/c29-24(26-16-14-19-6-2-1-3-7-19)18-27-22-12-10-21(11-13-22)25(30)28-17-15-20-8-4-5-9-23(20)28/h4-6,8-13,27H,1-3,7,14-18H2,(H,26,29). The van der Waals surface area contributed by atoms with Crippen LogP contribution >= 0.6 is 0 Å². The van der Waals surface area contributed by atoms with Gasteiger partial charge >= 0.3 is 0 Å². The molecule has 1 aliphatic heterocycles. The van der Waals surface area contributed by atoms with E-state index in [1.807, 2.05) is 47.4 Å². The zero-order valence-corrected chi connectivity index (χ0v) is 17.3. The highest BCUT2D eigenvalue weighted by Crippen LogP contribution is 2.29. The Hall–Kier alpha value is -3.08. The molecule has 5 heteroatoms. The minimum absolute atomic E-state index is 0.0137. The maximum Gasteiger partial charge on any atom is 0.258 e. The normalized spacial score (nSPS) is 15.3. The Bertz CT molecular complexity index is 934. The molecule has 5 nitrogen and oxygen atoms in total. The molecular weight excluding hydrogens is 374 g/mol. The minimum atomic E-state index is -0.0137. The van der Waals surface area contributed by atoms with Gasteiger partial charge in [-0.25, -0.2) is 0 Å². The lowest BCUT2D eigenvalue weighted by Gasteiger charge is -2.17. The number of hydrogen-bond donors (Lipinski definition) is 2. The molecule has 0 atom stereocenters. The van der Waals surface area contributed by atoms with Crippen LogP contribution in [0, 0.1) is 0 Å². The molecule has 0 unspecified atom stereocenters. The van der Waals surface area contributed by atoms with Gasteiger partial charge in [0.1, 0.15) is 0 Å². The first kappa shape index (κ1) is 20.2. The fourth-order valence-electron chi connectivity index (χ4n) is 4.17. The van der Waals surface area contributed by atoms with Gasteiger partial charge in [0, 0.05) is 30.0 Å². The first-order valence-electron chi connectivity index (χ1n) is 10.9. The molecule has 0 aromatic heterocycles. The molecule has 4 rings (SSSR count). The number of allylic oxidation sites excluding steroid dienone is 1. The second kappa shape index (κ2) is 9.61. The number of benzene rings is 2. The van der Waals surface area contributed by atoms with Crippen molar-refractivity contribution in [1.82, 2.24) is 5.32 Å². The molecular formula is C25H29N3O2. The summed E-state index contributed by atoms with van der Waals surface area (Å²) in [6, 6.07) is 15.4. The predicted octanol–water partition coefficient (Wildman–Crippen LogP) is 4.31. The highest BCUT2D eigenvalue weighted by atomic mass is 16.2. The third-order valence-corrected chi connectivity index (χ3v) is 5.87. The van der Waals surface area contributed by atoms with Crippen LogP contribution in [0.25, 0.3) is 0 Å². The smallest absolute Gasteiger partial charge is 0.258 e. The topological polar surface area (TPSA) is 61.4 Å². The van der Waals surface area contributed by atoms with Crippen molar-refractivity contribution in [2.24, 2.45) is 0 Å². The van der Waals surface area contributed by atoms with Crippen molar-refractivity contribution in [3.05, 3.63) is 71.3 Å². The lowest BCUT2D eigenvalue weighted by Crippen LogP contribution is -2.31. The van der Waals surface area contributed by atoms with E-state index >= 15 is 0 Å². The van der Waals surface area contributed by atoms with Crippen LogP contribution in [0.5, 0.6) is 0 Å². The average Bonchev–Trinajstić information content (AvgIpc) is 3.22. The Morgan fingerprint density at radius 2 is 1.80 bits per heavy atom. The summed E-state index contributed by atoms with van der Waals surface area (Å²) in [6.45, 7) is 1.64. The monoisotopic (exact) mass is 403 g/mol. The second-order valence-corrected chi connectivity index (χ2v) is 7.97. The molecule has 0 fully saturated rings. The quantitative estimate of drug-likeness (QED) is 0.678. The number of nitrogens with one attached hydrogen (secondary N) is 2. The Balaban J connectivity index is 1.24. The van der Waals surface area contributed by atoms with E-state index in [4.69, 9.17) is 0 Å². The lowest BCUT2D eigenvalue weighted by molar-refractivity contribution is -0.119. The largest absolute Gasteiger partial charge is 0.376 e. The fraction of sp³-hybridized carbons (Fsp3) is 0.360. The second-order valence-electron chi connectivity index (χ2n) is 7.97. The number of fused-ring (bicyclic) bond motifs is 1. The Labute approximate surface area is 178 Å². The predicted molar refractivity (Wildman–Crippen MR) is 121 cm³/mol. The van der Waals surface area contributed by atoms with Crippen LogP contribution in [0.3, 0.4) is 0 Å². The van der Waals surface area contributed by atoms with Crippen LogP contribution in [-0.4, -0.2) is 31.4 Å². The summed E-state index contributed by atoms with van der Waals surface area (Å²) >= 11 is 0. The number of rotatable bonds is 7. The van der Waals surface area contributed by atoms with Crippen molar-refractivity contribution in [3.63, 3.8) is 0 Å². The molecule has 30 heavy (non-hydrogen) atoms. The van der Waals surface area contributed by atoms with Gasteiger partial charge in [-0.3, -0.25) is 9.59 Å². The molecule has 1 heterocycles. The Kier molecular flexibility index (Phi) is 6.47. The van der Waals surface area contributed by atoms with E-state index in [2.05, 4.69) is 22.8 Å². The summed E-state index contributed by atoms with van der Waals surface area (Å²) in [7, 11) is 0. The van der Waals surface area contributed by atoms with Crippen LogP contribution < -0.4 is 15.5 Å².